The Hall–Kier alpha value is -3.09. The number of hydrogen-bond acceptors (Lipinski definition) is 5. The first-order chi connectivity index (χ1) is 11.5. The second-order valence-corrected chi connectivity index (χ2v) is 5.53. The van der Waals surface area contributed by atoms with E-state index in [1.165, 1.54) is 29.1 Å². The fourth-order valence-corrected chi connectivity index (χ4v) is 2.30. The van der Waals surface area contributed by atoms with Crippen LogP contribution < -0.4 is 5.56 Å². The minimum atomic E-state index is -0.375. The van der Waals surface area contributed by atoms with Gasteiger partial charge in [0.05, 0.1) is 12.2 Å². The van der Waals surface area contributed by atoms with Gasteiger partial charge in [0.25, 0.3) is 5.56 Å². The number of aromatic hydroxyl groups is 1. The fraction of sp³-hybridized carbons (Fsp3) is 0.176. The van der Waals surface area contributed by atoms with Gasteiger partial charge in [-0.15, -0.1) is 0 Å². The monoisotopic (exact) mass is 326 g/mol. The molecule has 3 rings (SSSR count). The molecular weight excluding hydrogens is 311 g/mol. The van der Waals surface area contributed by atoms with Crippen LogP contribution in [0, 0.1) is 5.82 Å². The Labute approximate surface area is 137 Å². The number of benzene rings is 1. The molecule has 0 radical (unpaired) electrons. The molecule has 0 unspecified atom stereocenters. The van der Waals surface area contributed by atoms with Crippen molar-refractivity contribution in [1.29, 1.82) is 0 Å². The van der Waals surface area contributed by atoms with Gasteiger partial charge in [0.1, 0.15) is 22.9 Å². The summed E-state index contributed by atoms with van der Waals surface area (Å²) in [6, 6.07) is 8.53. The van der Waals surface area contributed by atoms with E-state index in [-0.39, 0.29) is 23.3 Å². The van der Waals surface area contributed by atoms with E-state index in [2.05, 4.69) is 15.1 Å². The summed E-state index contributed by atoms with van der Waals surface area (Å²) in [6.07, 6.45) is 1.20. The molecule has 0 amide bonds. The Morgan fingerprint density at radius 3 is 2.46 bits per heavy atom. The summed E-state index contributed by atoms with van der Waals surface area (Å²) < 4.78 is 14.5. The minimum Gasteiger partial charge on any atom is -0.492 e. The molecule has 2 heterocycles. The molecule has 0 atom stereocenters. The van der Waals surface area contributed by atoms with Gasteiger partial charge in [-0.3, -0.25) is 4.79 Å². The molecule has 6 nitrogen and oxygen atoms in total. The van der Waals surface area contributed by atoms with Gasteiger partial charge in [-0.1, -0.05) is 0 Å². The predicted octanol–water partition coefficient (Wildman–Crippen LogP) is 2.79. The molecule has 0 saturated heterocycles. The van der Waals surface area contributed by atoms with E-state index >= 15 is 0 Å². The van der Waals surface area contributed by atoms with Crippen molar-refractivity contribution in [2.45, 2.75) is 19.9 Å². The first-order valence-corrected chi connectivity index (χ1v) is 7.38. The van der Waals surface area contributed by atoms with Crippen LogP contribution in [0.25, 0.3) is 22.6 Å². The maximum atomic E-state index is 13.2. The van der Waals surface area contributed by atoms with Crippen LogP contribution in [-0.4, -0.2) is 24.9 Å². The Kier molecular flexibility index (Phi) is 4.07. The Morgan fingerprint density at radius 2 is 1.79 bits per heavy atom. The summed E-state index contributed by atoms with van der Waals surface area (Å²) in [5.41, 5.74) is 1.56. The quantitative estimate of drug-likeness (QED) is 0.800. The highest BCUT2D eigenvalue weighted by Crippen LogP contribution is 2.28. The van der Waals surface area contributed by atoms with Crippen LogP contribution in [0.4, 0.5) is 4.39 Å². The number of halogens is 1. The van der Waals surface area contributed by atoms with Crippen LogP contribution in [0.3, 0.4) is 0 Å². The summed E-state index contributed by atoms with van der Waals surface area (Å²) in [5, 5.41) is 14.0. The standard InChI is InChI=1S/C17H15FN4O2/c1-10(2)22-15(24)8-7-13(21-22)17-16(20-14(23)9-19-17)11-3-5-12(18)6-4-11/h3-10H,1-2H3,(H,20,23). The molecule has 0 spiro atoms. The summed E-state index contributed by atoms with van der Waals surface area (Å²) in [6.45, 7) is 3.70. The van der Waals surface area contributed by atoms with Crippen molar-refractivity contribution in [3.63, 3.8) is 0 Å². The second kappa shape index (κ2) is 6.19. The molecule has 0 aliphatic rings. The van der Waals surface area contributed by atoms with Gasteiger partial charge >= 0.3 is 0 Å². The molecule has 2 aromatic heterocycles. The van der Waals surface area contributed by atoms with Crippen molar-refractivity contribution < 1.29 is 9.50 Å². The zero-order valence-electron chi connectivity index (χ0n) is 13.1. The lowest BCUT2D eigenvalue weighted by molar-refractivity contribution is 0.451. The molecular formula is C17H15FN4O2. The third-order valence-electron chi connectivity index (χ3n) is 3.43. The lowest BCUT2D eigenvalue weighted by Crippen LogP contribution is -2.24. The number of aromatic nitrogens is 4. The maximum Gasteiger partial charge on any atom is 0.267 e. The third kappa shape index (κ3) is 3.01. The highest BCUT2D eigenvalue weighted by molar-refractivity contribution is 5.75. The van der Waals surface area contributed by atoms with Gasteiger partial charge in [0.2, 0.25) is 5.88 Å². The first kappa shape index (κ1) is 15.8. The van der Waals surface area contributed by atoms with Crippen molar-refractivity contribution in [1.82, 2.24) is 19.7 Å². The van der Waals surface area contributed by atoms with Gasteiger partial charge in [0, 0.05) is 11.6 Å². The number of hydrogen-bond donors (Lipinski definition) is 1. The average Bonchev–Trinajstić information content (AvgIpc) is 2.56. The largest absolute Gasteiger partial charge is 0.492 e. The normalized spacial score (nSPS) is 11.0. The van der Waals surface area contributed by atoms with Crippen molar-refractivity contribution in [2.24, 2.45) is 0 Å². The molecule has 1 aromatic carbocycles. The number of nitrogens with zero attached hydrogens (tertiary/aromatic N) is 4. The molecule has 0 bridgehead atoms. The number of rotatable bonds is 3. The van der Waals surface area contributed by atoms with Gasteiger partial charge in [-0.25, -0.2) is 19.0 Å². The Morgan fingerprint density at radius 1 is 1.08 bits per heavy atom. The molecule has 122 valence electrons. The zero-order chi connectivity index (χ0) is 17.3. The molecule has 0 fully saturated rings. The van der Waals surface area contributed by atoms with Gasteiger partial charge < -0.3 is 5.11 Å². The lowest BCUT2D eigenvalue weighted by Gasteiger charge is -2.12. The maximum absolute atomic E-state index is 13.2. The Bertz CT molecular complexity index is 936. The second-order valence-electron chi connectivity index (χ2n) is 5.53. The van der Waals surface area contributed by atoms with Crippen molar-refractivity contribution in [2.75, 3.05) is 0 Å². The molecule has 7 heteroatoms. The summed E-state index contributed by atoms with van der Waals surface area (Å²) in [7, 11) is 0. The van der Waals surface area contributed by atoms with Crippen molar-refractivity contribution in [3.05, 3.63) is 58.8 Å². The highest BCUT2D eigenvalue weighted by Gasteiger charge is 2.15. The van der Waals surface area contributed by atoms with Gasteiger partial charge in [-0.2, -0.15) is 5.10 Å². The Balaban J connectivity index is 2.20. The molecule has 0 saturated carbocycles. The summed E-state index contributed by atoms with van der Waals surface area (Å²) in [5.74, 6) is -0.629. The SMILES string of the molecule is CC(C)n1nc(-c2ncc(O)nc2-c2ccc(F)cc2)ccc1=O. The molecule has 3 aromatic rings. The van der Waals surface area contributed by atoms with E-state index in [1.54, 1.807) is 18.2 Å². The van der Waals surface area contributed by atoms with Crippen LogP contribution in [-0.2, 0) is 0 Å². The first-order valence-electron chi connectivity index (χ1n) is 7.38. The minimum absolute atomic E-state index is 0.114. The topological polar surface area (TPSA) is 80.9 Å². The van der Waals surface area contributed by atoms with E-state index < -0.39 is 0 Å². The summed E-state index contributed by atoms with van der Waals surface area (Å²) >= 11 is 0. The van der Waals surface area contributed by atoms with Crippen LogP contribution in [0.2, 0.25) is 0 Å². The van der Waals surface area contributed by atoms with E-state index in [1.807, 2.05) is 13.8 Å². The molecule has 1 N–H and O–H groups in total. The average molecular weight is 326 g/mol. The van der Waals surface area contributed by atoms with Crippen molar-refractivity contribution >= 4 is 0 Å². The van der Waals surface area contributed by atoms with Crippen LogP contribution in [0.15, 0.2) is 47.4 Å². The molecule has 0 aliphatic carbocycles. The molecule has 0 aliphatic heterocycles. The van der Waals surface area contributed by atoms with E-state index in [9.17, 15) is 14.3 Å². The van der Waals surface area contributed by atoms with Gasteiger partial charge in [-0.05, 0) is 44.2 Å². The van der Waals surface area contributed by atoms with Crippen LogP contribution in [0.1, 0.15) is 19.9 Å². The highest BCUT2D eigenvalue weighted by atomic mass is 19.1. The van der Waals surface area contributed by atoms with Gasteiger partial charge in [0.15, 0.2) is 0 Å². The van der Waals surface area contributed by atoms with Crippen LogP contribution in [0.5, 0.6) is 5.88 Å². The van der Waals surface area contributed by atoms with Crippen LogP contribution >= 0.6 is 0 Å². The van der Waals surface area contributed by atoms with E-state index in [4.69, 9.17) is 0 Å². The summed E-state index contributed by atoms with van der Waals surface area (Å²) in [4.78, 5) is 20.2. The predicted molar refractivity (Wildman–Crippen MR) is 87.0 cm³/mol. The van der Waals surface area contributed by atoms with Crippen molar-refractivity contribution in [3.8, 4) is 28.5 Å². The smallest absolute Gasteiger partial charge is 0.267 e. The lowest BCUT2D eigenvalue weighted by atomic mass is 10.1. The molecule has 24 heavy (non-hydrogen) atoms. The zero-order valence-corrected chi connectivity index (χ0v) is 13.1. The third-order valence-corrected chi connectivity index (χ3v) is 3.43. The van der Waals surface area contributed by atoms with E-state index in [0.29, 0.717) is 22.6 Å². The van der Waals surface area contributed by atoms with E-state index in [0.717, 1.165) is 0 Å². The fourth-order valence-electron chi connectivity index (χ4n) is 2.30.